The molecule has 2 rings (SSSR count). The Hall–Kier alpha value is -2.99. The monoisotopic (exact) mass is 398 g/mol. The largest absolute Gasteiger partial charge is 0.452 e. The second kappa shape index (κ2) is 7.32. The highest BCUT2D eigenvalue weighted by Gasteiger charge is 2.47. The van der Waals surface area contributed by atoms with E-state index in [0.717, 1.165) is 12.1 Å². The first-order valence-electron chi connectivity index (χ1n) is 7.74. The molecule has 146 valence electrons. The van der Waals surface area contributed by atoms with Crippen LogP contribution < -0.4 is 15.9 Å². The van der Waals surface area contributed by atoms with Gasteiger partial charge in [-0.1, -0.05) is 6.92 Å². The Kier molecular flexibility index (Phi) is 5.51. The van der Waals surface area contributed by atoms with Crippen molar-refractivity contribution in [2.75, 3.05) is 6.61 Å². The number of benzene rings is 1. The predicted octanol–water partition coefficient (Wildman–Crippen LogP) is -0.757. The van der Waals surface area contributed by atoms with Gasteiger partial charge < -0.3 is 10.1 Å². The average molecular weight is 398 g/mol. The Bertz CT molecular complexity index is 897. The summed E-state index contributed by atoms with van der Waals surface area (Å²) in [6.45, 7) is 2.47. The average Bonchev–Trinajstić information content (AvgIpc) is 2.83. The van der Waals surface area contributed by atoms with Gasteiger partial charge in [0.15, 0.2) is 6.61 Å². The number of carbonyl (C=O) groups excluding carboxylic acids is 4. The number of ether oxygens (including phenoxy) is 1. The molecule has 1 unspecified atom stereocenters. The minimum absolute atomic E-state index is 0.0104. The van der Waals surface area contributed by atoms with Crippen LogP contribution in [0.3, 0.4) is 0 Å². The normalized spacial score (nSPS) is 19.6. The maximum atomic E-state index is 12.1. The molecule has 1 aromatic rings. The second-order valence-corrected chi connectivity index (χ2v) is 7.50. The third-order valence-corrected chi connectivity index (χ3v) is 4.89. The van der Waals surface area contributed by atoms with Gasteiger partial charge in [-0.15, -0.1) is 0 Å². The number of amides is 4. The molecule has 11 nitrogen and oxygen atoms in total. The van der Waals surface area contributed by atoms with Crippen molar-refractivity contribution < 1.29 is 32.3 Å². The lowest BCUT2D eigenvalue weighted by molar-refractivity contribution is -0.139. The van der Waals surface area contributed by atoms with E-state index in [1.807, 2.05) is 0 Å². The number of hydrazine groups is 1. The third-order valence-electron chi connectivity index (χ3n) is 3.96. The van der Waals surface area contributed by atoms with Crippen molar-refractivity contribution in [3.63, 3.8) is 0 Å². The highest BCUT2D eigenvalue weighted by atomic mass is 32.2. The Morgan fingerprint density at radius 1 is 1.26 bits per heavy atom. The van der Waals surface area contributed by atoms with Gasteiger partial charge in [0, 0.05) is 0 Å². The van der Waals surface area contributed by atoms with E-state index in [2.05, 4.69) is 10.7 Å². The summed E-state index contributed by atoms with van der Waals surface area (Å²) >= 11 is 0. The van der Waals surface area contributed by atoms with Crippen molar-refractivity contribution in [1.29, 1.82) is 0 Å². The van der Waals surface area contributed by atoms with Crippen LogP contribution in [-0.2, 0) is 24.3 Å². The van der Waals surface area contributed by atoms with Crippen molar-refractivity contribution in [3.05, 3.63) is 29.8 Å². The molecule has 12 heteroatoms. The molecule has 1 saturated heterocycles. The third kappa shape index (κ3) is 4.41. The summed E-state index contributed by atoms with van der Waals surface area (Å²) in [4.78, 5) is 47.5. The maximum Gasteiger partial charge on any atom is 0.344 e. The number of rotatable bonds is 6. The molecule has 1 aliphatic heterocycles. The van der Waals surface area contributed by atoms with E-state index in [1.165, 1.54) is 19.1 Å². The lowest BCUT2D eigenvalue weighted by Crippen LogP contribution is -2.49. The van der Waals surface area contributed by atoms with Crippen LogP contribution in [0.1, 0.15) is 30.6 Å². The van der Waals surface area contributed by atoms with Gasteiger partial charge in [0.05, 0.1) is 10.5 Å². The molecule has 27 heavy (non-hydrogen) atoms. The molecular formula is C15H18N4O7S. The van der Waals surface area contributed by atoms with Gasteiger partial charge >= 0.3 is 12.0 Å². The van der Waals surface area contributed by atoms with E-state index in [-0.39, 0.29) is 10.5 Å². The van der Waals surface area contributed by atoms with Crippen LogP contribution in [0.5, 0.6) is 0 Å². The summed E-state index contributed by atoms with van der Waals surface area (Å²) in [5, 5.41) is 7.93. The quantitative estimate of drug-likeness (QED) is 0.418. The number of carbonyl (C=O) groups is 4. The lowest BCUT2D eigenvalue weighted by atomic mass is 10.00. The van der Waals surface area contributed by atoms with E-state index >= 15 is 0 Å². The fourth-order valence-corrected chi connectivity index (χ4v) is 2.69. The van der Waals surface area contributed by atoms with Crippen molar-refractivity contribution >= 4 is 33.8 Å². The van der Waals surface area contributed by atoms with Crippen LogP contribution in [0.25, 0.3) is 0 Å². The zero-order chi connectivity index (χ0) is 20.4. The SMILES string of the molecule is CCC1(C)NC(=O)N(NC(=O)COC(=O)c2ccc(S(N)(=O)=O)cc2)C1=O. The topological polar surface area (TPSA) is 165 Å². The number of nitrogens with two attached hydrogens (primary N) is 1. The number of urea groups is 1. The molecule has 1 heterocycles. The van der Waals surface area contributed by atoms with Crippen LogP contribution in [0.2, 0.25) is 0 Å². The molecule has 4 N–H and O–H groups in total. The van der Waals surface area contributed by atoms with Gasteiger partial charge in [0.25, 0.3) is 11.8 Å². The number of nitrogens with zero attached hydrogens (tertiary/aromatic N) is 1. The number of imide groups is 1. The first-order chi connectivity index (χ1) is 12.5. The van der Waals surface area contributed by atoms with E-state index in [1.54, 1.807) is 6.92 Å². The van der Waals surface area contributed by atoms with Crippen LogP contribution in [-0.4, -0.2) is 49.4 Å². The first-order valence-corrected chi connectivity index (χ1v) is 9.29. The van der Waals surface area contributed by atoms with Crippen molar-refractivity contribution in [3.8, 4) is 0 Å². The summed E-state index contributed by atoms with van der Waals surface area (Å²) < 4.78 is 27.1. The molecule has 1 aromatic carbocycles. The molecule has 0 spiro atoms. The Morgan fingerprint density at radius 3 is 2.33 bits per heavy atom. The van der Waals surface area contributed by atoms with Crippen molar-refractivity contribution in [2.24, 2.45) is 5.14 Å². The van der Waals surface area contributed by atoms with E-state index in [9.17, 15) is 27.6 Å². The second-order valence-electron chi connectivity index (χ2n) is 5.94. The minimum atomic E-state index is -3.90. The van der Waals surface area contributed by atoms with Gasteiger partial charge in [-0.3, -0.25) is 15.0 Å². The van der Waals surface area contributed by atoms with Gasteiger partial charge in [-0.25, -0.2) is 23.1 Å². The fraction of sp³-hybridized carbons (Fsp3) is 0.333. The molecule has 0 bridgehead atoms. The lowest BCUT2D eigenvalue weighted by Gasteiger charge is -2.19. The minimum Gasteiger partial charge on any atom is -0.452 e. The molecule has 1 atom stereocenters. The van der Waals surface area contributed by atoms with Crippen LogP contribution in [0, 0.1) is 0 Å². The van der Waals surface area contributed by atoms with Crippen LogP contribution >= 0.6 is 0 Å². The Labute approximate surface area is 154 Å². The molecule has 0 aliphatic carbocycles. The van der Waals surface area contributed by atoms with E-state index in [4.69, 9.17) is 9.88 Å². The van der Waals surface area contributed by atoms with Gasteiger partial charge in [-0.2, -0.15) is 5.01 Å². The number of sulfonamides is 1. The first kappa shape index (κ1) is 20.3. The summed E-state index contributed by atoms with van der Waals surface area (Å²) in [6.07, 6.45) is 0.327. The molecule has 4 amide bonds. The number of esters is 1. The molecule has 1 fully saturated rings. The zero-order valence-corrected chi connectivity index (χ0v) is 15.3. The van der Waals surface area contributed by atoms with Crippen LogP contribution in [0.4, 0.5) is 4.79 Å². The highest BCUT2D eigenvalue weighted by Crippen LogP contribution is 2.19. The summed E-state index contributed by atoms with van der Waals surface area (Å²) in [6, 6.07) is 3.78. The van der Waals surface area contributed by atoms with Gasteiger partial charge in [-0.05, 0) is 37.6 Å². The molecule has 0 aromatic heterocycles. The molecular weight excluding hydrogens is 380 g/mol. The Morgan fingerprint density at radius 2 is 1.85 bits per heavy atom. The Balaban J connectivity index is 1.93. The highest BCUT2D eigenvalue weighted by molar-refractivity contribution is 7.89. The molecule has 0 radical (unpaired) electrons. The zero-order valence-electron chi connectivity index (χ0n) is 14.5. The van der Waals surface area contributed by atoms with E-state index < -0.39 is 46.0 Å². The smallest absolute Gasteiger partial charge is 0.344 e. The summed E-state index contributed by atoms with van der Waals surface area (Å²) in [5.41, 5.74) is 0.934. The number of primary sulfonamides is 1. The number of nitrogens with one attached hydrogen (secondary N) is 2. The summed E-state index contributed by atoms with van der Waals surface area (Å²) in [7, 11) is -3.90. The van der Waals surface area contributed by atoms with Gasteiger partial charge in [0.2, 0.25) is 10.0 Å². The standard InChI is InChI=1S/C15H18N4O7S/c1-3-15(2)13(22)19(14(23)17-15)18-11(20)8-26-12(21)9-4-6-10(7-5-9)27(16,24)25/h4-7H,3,8H2,1-2H3,(H,17,23)(H,18,20)(H2,16,24,25). The van der Waals surface area contributed by atoms with Crippen LogP contribution in [0.15, 0.2) is 29.2 Å². The predicted molar refractivity (Wildman–Crippen MR) is 90.3 cm³/mol. The summed E-state index contributed by atoms with van der Waals surface area (Å²) in [5.74, 6) is -2.43. The van der Waals surface area contributed by atoms with Crippen molar-refractivity contribution in [1.82, 2.24) is 15.8 Å². The molecule has 1 aliphatic rings. The van der Waals surface area contributed by atoms with E-state index in [0.29, 0.717) is 11.4 Å². The number of hydrogen-bond donors (Lipinski definition) is 3. The fourth-order valence-electron chi connectivity index (χ4n) is 2.18. The van der Waals surface area contributed by atoms with Crippen molar-refractivity contribution in [2.45, 2.75) is 30.7 Å². The number of hydrogen-bond acceptors (Lipinski definition) is 7. The van der Waals surface area contributed by atoms with Gasteiger partial charge in [0.1, 0.15) is 5.54 Å². The molecule has 0 saturated carbocycles. The maximum absolute atomic E-state index is 12.1.